The number of anilines is 1. The first kappa shape index (κ1) is 8.08. The summed E-state index contributed by atoms with van der Waals surface area (Å²) < 4.78 is 0. The first-order valence-corrected chi connectivity index (χ1v) is 5.14. The third-order valence-corrected chi connectivity index (χ3v) is 3.63. The fourth-order valence-corrected chi connectivity index (χ4v) is 3.00. The lowest BCUT2D eigenvalue weighted by Crippen LogP contribution is -2.01. The molecule has 1 aromatic heterocycles. The van der Waals surface area contributed by atoms with Gasteiger partial charge in [0.15, 0.2) is 0 Å². The van der Waals surface area contributed by atoms with E-state index in [9.17, 15) is 0 Å². The van der Waals surface area contributed by atoms with E-state index in [1.54, 1.807) is 11.3 Å². The summed E-state index contributed by atoms with van der Waals surface area (Å²) in [6, 6.07) is 0. The summed E-state index contributed by atoms with van der Waals surface area (Å²) in [6.45, 7) is 0.109. The second-order valence-electron chi connectivity index (χ2n) is 3.21. The van der Waals surface area contributed by atoms with Gasteiger partial charge in [-0.15, -0.1) is 11.3 Å². The lowest BCUT2D eigenvalue weighted by atomic mass is 9.96. The summed E-state index contributed by atoms with van der Waals surface area (Å²) in [5, 5.41) is 9.91. The van der Waals surface area contributed by atoms with Crippen LogP contribution in [0.25, 0.3) is 0 Å². The van der Waals surface area contributed by atoms with Crippen molar-refractivity contribution < 1.29 is 5.11 Å². The second kappa shape index (κ2) is 3.07. The first-order valence-electron chi connectivity index (χ1n) is 4.32. The van der Waals surface area contributed by atoms with Crippen LogP contribution in [-0.2, 0) is 19.4 Å². The standard InChI is InChI=1S/C9H13NOS/c10-9-7(5-11)6-3-1-2-4-8(6)12-9/h11H,1-5,10H2. The van der Waals surface area contributed by atoms with Crippen molar-refractivity contribution in [2.75, 3.05) is 5.73 Å². The summed E-state index contributed by atoms with van der Waals surface area (Å²) >= 11 is 1.66. The quantitative estimate of drug-likeness (QED) is 0.696. The van der Waals surface area contributed by atoms with Gasteiger partial charge in [0.1, 0.15) is 0 Å². The molecular formula is C9H13NOS. The highest BCUT2D eigenvalue weighted by atomic mass is 32.1. The van der Waals surface area contributed by atoms with Crippen molar-refractivity contribution in [2.24, 2.45) is 0 Å². The van der Waals surface area contributed by atoms with Crippen LogP contribution in [-0.4, -0.2) is 5.11 Å². The molecule has 1 heterocycles. The van der Waals surface area contributed by atoms with Gasteiger partial charge < -0.3 is 10.8 Å². The number of fused-ring (bicyclic) bond motifs is 1. The topological polar surface area (TPSA) is 46.2 Å². The largest absolute Gasteiger partial charge is 0.392 e. The Morgan fingerprint density at radius 1 is 1.33 bits per heavy atom. The number of nitrogen functional groups attached to an aromatic ring is 1. The molecule has 1 aliphatic rings. The Kier molecular flexibility index (Phi) is 2.07. The van der Waals surface area contributed by atoms with E-state index in [1.807, 2.05) is 0 Å². The number of aliphatic hydroxyl groups is 1. The van der Waals surface area contributed by atoms with Gasteiger partial charge in [-0.1, -0.05) is 0 Å². The Balaban J connectivity index is 2.46. The third kappa shape index (κ3) is 1.13. The van der Waals surface area contributed by atoms with Gasteiger partial charge in [-0.05, 0) is 31.2 Å². The molecule has 1 aromatic rings. The van der Waals surface area contributed by atoms with Crippen LogP contribution in [0, 0.1) is 0 Å². The van der Waals surface area contributed by atoms with E-state index < -0.39 is 0 Å². The molecule has 0 fully saturated rings. The summed E-state index contributed by atoms with van der Waals surface area (Å²) in [6.07, 6.45) is 4.79. The van der Waals surface area contributed by atoms with Crippen LogP contribution in [0.4, 0.5) is 5.00 Å². The Morgan fingerprint density at radius 3 is 2.83 bits per heavy atom. The molecule has 0 saturated carbocycles. The zero-order chi connectivity index (χ0) is 8.55. The van der Waals surface area contributed by atoms with Crippen molar-refractivity contribution in [1.29, 1.82) is 0 Å². The van der Waals surface area contributed by atoms with Crippen molar-refractivity contribution in [3.63, 3.8) is 0 Å². The predicted octanol–water partition coefficient (Wildman–Crippen LogP) is 1.70. The average Bonchev–Trinajstić information content (AvgIpc) is 2.40. The van der Waals surface area contributed by atoms with Crippen LogP contribution in [0.2, 0.25) is 0 Å². The Bertz CT molecular complexity index is 293. The number of rotatable bonds is 1. The summed E-state index contributed by atoms with van der Waals surface area (Å²) in [7, 11) is 0. The lowest BCUT2D eigenvalue weighted by molar-refractivity contribution is 0.281. The molecule has 1 aliphatic carbocycles. The van der Waals surface area contributed by atoms with Crippen LogP contribution in [0.5, 0.6) is 0 Å². The van der Waals surface area contributed by atoms with Crippen LogP contribution in [0.3, 0.4) is 0 Å². The number of hydrogen-bond acceptors (Lipinski definition) is 3. The van der Waals surface area contributed by atoms with Gasteiger partial charge in [0.05, 0.1) is 11.6 Å². The molecule has 0 aromatic carbocycles. The number of thiophene rings is 1. The smallest absolute Gasteiger partial charge is 0.0918 e. The Labute approximate surface area is 76.0 Å². The normalized spacial score (nSPS) is 16.1. The second-order valence-corrected chi connectivity index (χ2v) is 4.35. The summed E-state index contributed by atoms with van der Waals surface area (Å²) in [5.74, 6) is 0. The summed E-state index contributed by atoms with van der Waals surface area (Å²) in [4.78, 5) is 1.41. The van der Waals surface area contributed by atoms with Crippen molar-refractivity contribution in [2.45, 2.75) is 32.3 Å². The molecule has 0 bridgehead atoms. The maximum atomic E-state index is 9.09. The van der Waals surface area contributed by atoms with Gasteiger partial charge >= 0.3 is 0 Å². The molecule has 66 valence electrons. The molecule has 0 amide bonds. The van der Waals surface area contributed by atoms with Crippen LogP contribution in [0.1, 0.15) is 28.8 Å². The highest BCUT2D eigenvalue weighted by Gasteiger charge is 2.17. The van der Waals surface area contributed by atoms with E-state index in [-0.39, 0.29) is 6.61 Å². The molecule has 2 nitrogen and oxygen atoms in total. The average molecular weight is 183 g/mol. The lowest BCUT2D eigenvalue weighted by Gasteiger charge is -2.11. The van der Waals surface area contributed by atoms with E-state index in [0.29, 0.717) is 0 Å². The van der Waals surface area contributed by atoms with Gasteiger partial charge in [0.25, 0.3) is 0 Å². The molecule has 0 atom stereocenters. The number of hydrogen-bond donors (Lipinski definition) is 2. The fourth-order valence-electron chi connectivity index (χ4n) is 1.83. The first-order chi connectivity index (χ1) is 5.83. The van der Waals surface area contributed by atoms with Gasteiger partial charge in [-0.2, -0.15) is 0 Å². The molecule has 0 unspecified atom stereocenters. The minimum Gasteiger partial charge on any atom is -0.392 e. The van der Waals surface area contributed by atoms with Crippen LogP contribution in [0.15, 0.2) is 0 Å². The van der Waals surface area contributed by atoms with Gasteiger partial charge in [-0.3, -0.25) is 0 Å². The minimum absolute atomic E-state index is 0.109. The van der Waals surface area contributed by atoms with Crippen LogP contribution < -0.4 is 5.73 Å². The molecule has 2 rings (SSSR count). The number of nitrogens with two attached hydrogens (primary N) is 1. The summed E-state index contributed by atoms with van der Waals surface area (Å²) in [5.41, 5.74) is 8.12. The maximum Gasteiger partial charge on any atom is 0.0918 e. The van der Waals surface area contributed by atoms with Crippen molar-refractivity contribution in [3.8, 4) is 0 Å². The monoisotopic (exact) mass is 183 g/mol. The fraction of sp³-hybridized carbons (Fsp3) is 0.556. The van der Waals surface area contributed by atoms with Crippen molar-refractivity contribution in [3.05, 3.63) is 16.0 Å². The van der Waals surface area contributed by atoms with E-state index in [1.165, 1.54) is 23.3 Å². The number of aryl methyl sites for hydroxylation is 1. The van der Waals surface area contributed by atoms with E-state index in [4.69, 9.17) is 10.8 Å². The van der Waals surface area contributed by atoms with Gasteiger partial charge in [0, 0.05) is 10.4 Å². The number of aliphatic hydroxyl groups excluding tert-OH is 1. The SMILES string of the molecule is Nc1sc2c(c1CO)CCCC2. The zero-order valence-electron chi connectivity index (χ0n) is 6.97. The molecule has 0 saturated heterocycles. The molecule has 12 heavy (non-hydrogen) atoms. The van der Waals surface area contributed by atoms with E-state index in [0.717, 1.165) is 23.4 Å². The maximum absolute atomic E-state index is 9.09. The minimum atomic E-state index is 0.109. The molecule has 0 spiro atoms. The molecule has 3 N–H and O–H groups in total. The molecule has 0 aliphatic heterocycles. The van der Waals surface area contributed by atoms with E-state index in [2.05, 4.69) is 0 Å². The molecular weight excluding hydrogens is 170 g/mol. The highest BCUT2D eigenvalue weighted by Crippen LogP contribution is 2.35. The van der Waals surface area contributed by atoms with E-state index >= 15 is 0 Å². The Morgan fingerprint density at radius 2 is 2.08 bits per heavy atom. The van der Waals surface area contributed by atoms with Crippen LogP contribution >= 0.6 is 11.3 Å². The Hall–Kier alpha value is -0.540. The molecule has 0 radical (unpaired) electrons. The predicted molar refractivity (Wildman–Crippen MR) is 51.3 cm³/mol. The van der Waals surface area contributed by atoms with Gasteiger partial charge in [-0.25, -0.2) is 0 Å². The van der Waals surface area contributed by atoms with Gasteiger partial charge in [0.2, 0.25) is 0 Å². The van der Waals surface area contributed by atoms with Crippen molar-refractivity contribution >= 4 is 16.3 Å². The van der Waals surface area contributed by atoms with Crippen molar-refractivity contribution in [1.82, 2.24) is 0 Å². The third-order valence-electron chi connectivity index (χ3n) is 2.47. The highest BCUT2D eigenvalue weighted by molar-refractivity contribution is 7.16. The molecule has 3 heteroatoms. The zero-order valence-corrected chi connectivity index (χ0v) is 7.78.